The second kappa shape index (κ2) is 6.50. The highest BCUT2D eigenvalue weighted by atomic mass is 19.3. The van der Waals surface area contributed by atoms with Crippen LogP contribution in [0.1, 0.15) is 44.9 Å². The lowest BCUT2D eigenvalue weighted by Crippen LogP contribution is -2.45. The minimum Gasteiger partial charge on any atom is -0.333 e. The van der Waals surface area contributed by atoms with Crippen LogP contribution in [0.3, 0.4) is 0 Å². The number of rotatable bonds is 1. The Bertz CT molecular complexity index is 181. The van der Waals surface area contributed by atoms with Crippen molar-refractivity contribution in [1.29, 1.82) is 0 Å². The van der Waals surface area contributed by atoms with Crippen LogP contribution in [0.5, 0.6) is 0 Å². The van der Waals surface area contributed by atoms with Crippen molar-refractivity contribution in [2.24, 2.45) is 5.73 Å². The number of piperidine rings is 1. The molecule has 1 heterocycles. The second-order valence-corrected chi connectivity index (χ2v) is 4.68. The molecule has 1 saturated heterocycles. The minimum absolute atomic E-state index is 0.0729. The highest BCUT2D eigenvalue weighted by Crippen LogP contribution is 2.31. The zero-order valence-corrected chi connectivity index (χ0v) is 10.2. The van der Waals surface area contributed by atoms with Crippen LogP contribution in [0, 0.1) is 0 Å². The van der Waals surface area contributed by atoms with Gasteiger partial charge in [-0.2, -0.15) is 0 Å². The molecule has 2 aliphatic rings. The van der Waals surface area contributed by atoms with Crippen molar-refractivity contribution < 1.29 is 8.78 Å². The van der Waals surface area contributed by atoms with Gasteiger partial charge < -0.3 is 5.73 Å². The molecule has 0 aromatic carbocycles. The van der Waals surface area contributed by atoms with Crippen LogP contribution in [-0.2, 0) is 0 Å². The Morgan fingerprint density at radius 1 is 1.00 bits per heavy atom. The highest BCUT2D eigenvalue weighted by Gasteiger charge is 2.36. The Balaban J connectivity index is 0.000000606. The van der Waals surface area contributed by atoms with Gasteiger partial charge in [0.15, 0.2) is 0 Å². The van der Waals surface area contributed by atoms with Crippen molar-refractivity contribution in [3.8, 4) is 0 Å². The first-order valence-electron chi connectivity index (χ1n) is 6.37. The molecule has 1 aliphatic carbocycles. The summed E-state index contributed by atoms with van der Waals surface area (Å²) in [5.41, 5.74) is 4.50. The molecule has 96 valence electrons. The third-order valence-electron chi connectivity index (χ3n) is 3.62. The van der Waals surface area contributed by atoms with E-state index in [0.29, 0.717) is 19.1 Å². The number of hydrogen-bond acceptors (Lipinski definition) is 2. The fraction of sp³-hybridized carbons (Fsp3) is 1.00. The van der Waals surface area contributed by atoms with Crippen molar-refractivity contribution in [3.63, 3.8) is 0 Å². The monoisotopic (exact) mass is 234 g/mol. The van der Waals surface area contributed by atoms with E-state index < -0.39 is 5.92 Å². The van der Waals surface area contributed by atoms with Gasteiger partial charge in [0.1, 0.15) is 0 Å². The fourth-order valence-corrected chi connectivity index (χ4v) is 2.66. The molecule has 1 aliphatic heterocycles. The summed E-state index contributed by atoms with van der Waals surface area (Å²) < 4.78 is 25.8. The molecule has 0 radical (unpaired) electrons. The van der Waals surface area contributed by atoms with Crippen molar-refractivity contribution in [1.82, 2.24) is 4.90 Å². The van der Waals surface area contributed by atoms with Gasteiger partial charge in [0.05, 0.1) is 0 Å². The molecular weight excluding hydrogens is 210 g/mol. The Labute approximate surface area is 97.2 Å². The van der Waals surface area contributed by atoms with Crippen LogP contribution in [0.25, 0.3) is 0 Å². The fourth-order valence-electron chi connectivity index (χ4n) is 2.66. The average molecular weight is 234 g/mol. The summed E-state index contributed by atoms with van der Waals surface area (Å²) in [4.78, 5) is 2.29. The third kappa shape index (κ3) is 3.98. The van der Waals surface area contributed by atoms with Crippen LogP contribution in [0.4, 0.5) is 8.78 Å². The molecule has 0 atom stereocenters. The topological polar surface area (TPSA) is 29.3 Å². The molecule has 0 unspecified atom stereocenters. The Morgan fingerprint density at radius 2 is 1.50 bits per heavy atom. The highest BCUT2D eigenvalue weighted by molar-refractivity contribution is 4.83. The van der Waals surface area contributed by atoms with E-state index in [2.05, 4.69) is 10.6 Å². The lowest BCUT2D eigenvalue weighted by Gasteiger charge is -2.39. The summed E-state index contributed by atoms with van der Waals surface area (Å²) >= 11 is 0. The Morgan fingerprint density at radius 3 is 2.00 bits per heavy atom. The van der Waals surface area contributed by atoms with Crippen molar-refractivity contribution in [2.45, 2.75) is 56.9 Å². The van der Waals surface area contributed by atoms with Gasteiger partial charge in [0.2, 0.25) is 0 Å². The predicted octanol–water partition coefficient (Wildman–Crippen LogP) is 2.63. The molecule has 2 N–H and O–H groups in total. The number of likely N-dealkylation sites (tertiary alicyclic amines) is 1. The largest absolute Gasteiger partial charge is 0.333 e. The summed E-state index contributed by atoms with van der Waals surface area (Å²) in [7, 11) is 1.50. The molecule has 2 fully saturated rings. The number of nitrogens with zero attached hydrogens (tertiary/aromatic N) is 1. The summed E-state index contributed by atoms with van der Waals surface area (Å²) in [6.07, 6.45) is 6.51. The predicted molar refractivity (Wildman–Crippen MR) is 62.7 cm³/mol. The molecule has 0 aromatic rings. The second-order valence-electron chi connectivity index (χ2n) is 4.68. The van der Waals surface area contributed by atoms with Gasteiger partial charge in [-0.3, -0.25) is 4.90 Å². The standard InChI is InChI=1S/C11H19F2N.CH5N/c12-11(13)6-8-14(9-7-11)10-4-2-1-3-5-10;1-2/h10H,1-9H2;2H2,1H3. The molecule has 1 saturated carbocycles. The lowest BCUT2D eigenvalue weighted by molar-refractivity contribution is -0.0655. The third-order valence-corrected chi connectivity index (χ3v) is 3.62. The van der Waals surface area contributed by atoms with Crippen LogP contribution < -0.4 is 5.73 Å². The smallest absolute Gasteiger partial charge is 0.250 e. The number of alkyl halides is 2. The quantitative estimate of drug-likeness (QED) is 0.755. The van der Waals surface area contributed by atoms with Gasteiger partial charge in [0.25, 0.3) is 5.92 Å². The zero-order chi connectivity index (χ0) is 12.0. The van der Waals surface area contributed by atoms with Crippen LogP contribution >= 0.6 is 0 Å². The van der Waals surface area contributed by atoms with Crippen molar-refractivity contribution >= 4 is 0 Å². The van der Waals surface area contributed by atoms with Gasteiger partial charge >= 0.3 is 0 Å². The zero-order valence-electron chi connectivity index (χ0n) is 10.2. The van der Waals surface area contributed by atoms with Crippen LogP contribution in [-0.4, -0.2) is 37.0 Å². The van der Waals surface area contributed by atoms with E-state index >= 15 is 0 Å². The Kier molecular flexibility index (Phi) is 5.62. The number of hydrogen-bond donors (Lipinski definition) is 1. The van der Waals surface area contributed by atoms with Gasteiger partial charge in [-0.25, -0.2) is 8.78 Å². The maximum atomic E-state index is 12.9. The van der Waals surface area contributed by atoms with Gasteiger partial charge in [-0.1, -0.05) is 19.3 Å². The number of nitrogens with two attached hydrogens (primary N) is 1. The summed E-state index contributed by atoms with van der Waals surface area (Å²) in [5, 5.41) is 0. The van der Waals surface area contributed by atoms with Crippen LogP contribution in [0.15, 0.2) is 0 Å². The molecule has 16 heavy (non-hydrogen) atoms. The van der Waals surface area contributed by atoms with E-state index in [1.165, 1.54) is 39.2 Å². The first-order valence-corrected chi connectivity index (χ1v) is 6.37. The summed E-state index contributed by atoms with van der Waals surface area (Å²) in [6.45, 7) is 1.22. The lowest BCUT2D eigenvalue weighted by atomic mass is 9.92. The van der Waals surface area contributed by atoms with Gasteiger partial charge in [-0.15, -0.1) is 0 Å². The summed E-state index contributed by atoms with van der Waals surface area (Å²) in [5.74, 6) is -2.38. The van der Waals surface area contributed by atoms with Crippen LogP contribution in [0.2, 0.25) is 0 Å². The van der Waals surface area contributed by atoms with E-state index in [9.17, 15) is 8.78 Å². The maximum absolute atomic E-state index is 12.9. The molecule has 0 bridgehead atoms. The molecule has 0 aromatic heterocycles. The van der Waals surface area contributed by atoms with Gasteiger partial charge in [0, 0.05) is 32.0 Å². The maximum Gasteiger partial charge on any atom is 0.250 e. The minimum atomic E-state index is -2.38. The van der Waals surface area contributed by atoms with Gasteiger partial charge in [-0.05, 0) is 19.9 Å². The van der Waals surface area contributed by atoms with Crippen molar-refractivity contribution in [3.05, 3.63) is 0 Å². The molecule has 0 amide bonds. The number of halogens is 2. The molecule has 2 nitrogen and oxygen atoms in total. The molecule has 2 rings (SSSR count). The van der Waals surface area contributed by atoms with E-state index in [4.69, 9.17) is 0 Å². The molecule has 4 heteroatoms. The van der Waals surface area contributed by atoms with E-state index in [1.807, 2.05) is 0 Å². The average Bonchev–Trinajstić information content (AvgIpc) is 2.33. The Hall–Kier alpha value is -0.220. The van der Waals surface area contributed by atoms with E-state index in [0.717, 1.165) is 0 Å². The first-order chi connectivity index (χ1) is 7.67. The normalized spacial score (nSPS) is 27.0. The summed E-state index contributed by atoms with van der Waals surface area (Å²) in [6, 6.07) is 0.611. The molecular formula is C12H24F2N2. The van der Waals surface area contributed by atoms with Crippen molar-refractivity contribution in [2.75, 3.05) is 20.1 Å². The van der Waals surface area contributed by atoms with E-state index in [1.54, 1.807) is 0 Å². The van der Waals surface area contributed by atoms with E-state index in [-0.39, 0.29) is 12.8 Å². The first kappa shape index (κ1) is 13.8. The SMILES string of the molecule is CN.FC1(F)CCN(C2CCCCC2)CC1. The molecule has 0 spiro atoms.